The minimum absolute atomic E-state index is 0.0656. The third-order valence-corrected chi connectivity index (χ3v) is 4.65. The van der Waals surface area contributed by atoms with E-state index in [-0.39, 0.29) is 11.8 Å². The average molecular weight is 348 g/mol. The lowest BCUT2D eigenvalue weighted by molar-refractivity contribution is -0.139. The molecular weight excluding hydrogens is 328 g/mol. The van der Waals surface area contributed by atoms with Crippen molar-refractivity contribution in [2.45, 2.75) is 6.04 Å². The summed E-state index contributed by atoms with van der Waals surface area (Å²) in [6.07, 6.45) is 3.12. The molecule has 2 amide bonds. The van der Waals surface area contributed by atoms with E-state index in [2.05, 4.69) is 4.74 Å². The Bertz CT molecular complexity index is 655. The van der Waals surface area contributed by atoms with Crippen LogP contribution in [-0.4, -0.2) is 66.5 Å². The molecule has 0 aliphatic carbocycles. The summed E-state index contributed by atoms with van der Waals surface area (Å²) < 4.78 is 4.64. The highest BCUT2D eigenvalue weighted by Crippen LogP contribution is 2.22. The fourth-order valence-corrected chi connectivity index (χ4v) is 3.43. The van der Waals surface area contributed by atoms with Crippen LogP contribution in [0.1, 0.15) is 15.9 Å². The van der Waals surface area contributed by atoms with Gasteiger partial charge in [0.25, 0.3) is 0 Å². The predicted molar refractivity (Wildman–Crippen MR) is 93.5 cm³/mol. The molecule has 0 N–H and O–H groups in total. The minimum atomic E-state index is -0.413. The Hall–Kier alpha value is -2.28. The number of hydrogen-bond acceptors (Lipinski definition) is 5. The summed E-state index contributed by atoms with van der Waals surface area (Å²) in [6.45, 7) is 0. The molecule has 0 bridgehead atoms. The van der Waals surface area contributed by atoms with E-state index in [4.69, 9.17) is 0 Å². The van der Waals surface area contributed by atoms with Crippen LogP contribution in [0, 0.1) is 0 Å². The highest BCUT2D eigenvalue weighted by atomic mass is 32.2. The highest BCUT2D eigenvalue weighted by molar-refractivity contribution is 7.99. The smallest absolute Gasteiger partial charge is 0.337 e. The van der Waals surface area contributed by atoms with Crippen LogP contribution in [0.4, 0.5) is 0 Å². The van der Waals surface area contributed by atoms with Gasteiger partial charge in [0.05, 0.1) is 18.6 Å². The summed E-state index contributed by atoms with van der Waals surface area (Å²) in [7, 11) is 4.70. The number of benzene rings is 1. The van der Waals surface area contributed by atoms with Crippen molar-refractivity contribution in [3.8, 4) is 0 Å². The molecule has 0 aromatic heterocycles. The van der Waals surface area contributed by atoms with Crippen molar-refractivity contribution >= 4 is 35.6 Å². The minimum Gasteiger partial charge on any atom is -0.465 e. The van der Waals surface area contributed by atoms with Gasteiger partial charge in [0.1, 0.15) is 6.04 Å². The lowest BCUT2D eigenvalue weighted by Gasteiger charge is -2.24. The maximum Gasteiger partial charge on any atom is 0.337 e. The van der Waals surface area contributed by atoms with Gasteiger partial charge in [0, 0.05) is 25.9 Å². The van der Waals surface area contributed by atoms with Gasteiger partial charge in [-0.2, -0.15) is 0 Å². The molecule has 0 saturated carbocycles. The van der Waals surface area contributed by atoms with E-state index in [1.165, 1.54) is 18.1 Å². The molecule has 0 radical (unpaired) electrons. The summed E-state index contributed by atoms with van der Waals surface area (Å²) in [5.41, 5.74) is 1.24. The molecule has 1 fully saturated rings. The van der Waals surface area contributed by atoms with Gasteiger partial charge in [0.15, 0.2) is 0 Å². The molecule has 2 rings (SSSR count). The summed E-state index contributed by atoms with van der Waals surface area (Å²) in [5.74, 6) is 0.459. The number of amides is 2. The monoisotopic (exact) mass is 348 g/mol. The number of carbonyl (C=O) groups excluding carboxylic acids is 3. The first-order valence-corrected chi connectivity index (χ1v) is 8.55. The van der Waals surface area contributed by atoms with Crippen molar-refractivity contribution in [3.63, 3.8) is 0 Å². The summed E-state index contributed by atoms with van der Waals surface area (Å²) in [5, 5.41) is 0. The number of rotatable bonds is 4. The Morgan fingerprint density at radius 2 is 1.92 bits per heavy atom. The second-order valence-corrected chi connectivity index (χ2v) is 6.50. The van der Waals surface area contributed by atoms with Crippen LogP contribution >= 0.6 is 11.8 Å². The summed E-state index contributed by atoms with van der Waals surface area (Å²) in [4.78, 5) is 38.9. The molecule has 7 heteroatoms. The van der Waals surface area contributed by atoms with Crippen LogP contribution in [-0.2, 0) is 14.3 Å². The first-order chi connectivity index (χ1) is 11.4. The van der Waals surface area contributed by atoms with Crippen LogP contribution in [0.25, 0.3) is 6.08 Å². The normalized spacial score (nSPS) is 17.1. The first kappa shape index (κ1) is 18.1. The van der Waals surface area contributed by atoms with Crippen molar-refractivity contribution in [2.24, 2.45) is 0 Å². The third-order valence-electron chi connectivity index (χ3n) is 3.64. The molecule has 0 unspecified atom stereocenters. The van der Waals surface area contributed by atoms with E-state index in [9.17, 15) is 14.4 Å². The molecule has 6 nitrogen and oxygen atoms in total. The number of carbonyl (C=O) groups is 3. The number of hydrogen-bond donors (Lipinski definition) is 0. The fraction of sp³-hybridized carbons (Fsp3) is 0.353. The second-order valence-electron chi connectivity index (χ2n) is 5.50. The highest BCUT2D eigenvalue weighted by Gasteiger charge is 2.34. The molecule has 1 aliphatic rings. The lowest BCUT2D eigenvalue weighted by atomic mass is 10.1. The van der Waals surface area contributed by atoms with Gasteiger partial charge in [-0.3, -0.25) is 9.59 Å². The maximum atomic E-state index is 12.4. The largest absolute Gasteiger partial charge is 0.465 e. The topological polar surface area (TPSA) is 66.9 Å². The number of esters is 1. The Balaban J connectivity index is 2.04. The number of ether oxygens (including phenoxy) is 1. The van der Waals surface area contributed by atoms with Crippen molar-refractivity contribution in [1.29, 1.82) is 0 Å². The van der Waals surface area contributed by atoms with Gasteiger partial charge in [-0.25, -0.2) is 4.79 Å². The van der Waals surface area contributed by atoms with Crippen LogP contribution < -0.4 is 0 Å². The van der Waals surface area contributed by atoms with Gasteiger partial charge in [-0.15, -0.1) is 11.8 Å². The summed E-state index contributed by atoms with van der Waals surface area (Å²) >= 11 is 1.57. The average Bonchev–Trinajstić information content (AvgIpc) is 3.08. The Morgan fingerprint density at radius 3 is 2.50 bits per heavy atom. The van der Waals surface area contributed by atoms with E-state index in [0.717, 1.165) is 5.56 Å². The Kier molecular flexibility index (Phi) is 6.03. The molecule has 128 valence electrons. The van der Waals surface area contributed by atoms with Gasteiger partial charge < -0.3 is 14.5 Å². The zero-order valence-electron chi connectivity index (χ0n) is 13.9. The van der Waals surface area contributed by atoms with Gasteiger partial charge >= 0.3 is 5.97 Å². The van der Waals surface area contributed by atoms with Crippen molar-refractivity contribution in [3.05, 3.63) is 41.5 Å². The zero-order valence-corrected chi connectivity index (χ0v) is 14.7. The van der Waals surface area contributed by atoms with E-state index in [0.29, 0.717) is 17.2 Å². The molecular formula is C17H20N2O4S. The molecule has 1 saturated heterocycles. The molecule has 1 aromatic carbocycles. The molecule has 1 aromatic rings. The van der Waals surface area contributed by atoms with Gasteiger partial charge in [-0.1, -0.05) is 12.1 Å². The van der Waals surface area contributed by atoms with Gasteiger partial charge in [0.2, 0.25) is 11.8 Å². The lowest BCUT2D eigenvalue weighted by Crippen LogP contribution is -2.46. The quantitative estimate of drug-likeness (QED) is 0.609. The van der Waals surface area contributed by atoms with Crippen LogP contribution in [0.15, 0.2) is 30.3 Å². The molecule has 1 atom stereocenters. The van der Waals surface area contributed by atoms with Crippen LogP contribution in [0.5, 0.6) is 0 Å². The summed E-state index contributed by atoms with van der Waals surface area (Å²) in [6, 6.07) is 6.33. The standard InChI is InChI=1S/C17H20N2O4S/c1-18(2)16(21)14-10-24-11-19(14)15(20)9-6-12-4-7-13(8-5-12)17(22)23-3/h4-9,14H,10-11H2,1-3H3/b9-6-/t14-/m0/s1. The van der Waals surface area contributed by atoms with Crippen molar-refractivity contribution in [2.75, 3.05) is 32.8 Å². The van der Waals surface area contributed by atoms with Crippen LogP contribution in [0.2, 0.25) is 0 Å². The van der Waals surface area contributed by atoms with E-state index in [1.54, 1.807) is 61.1 Å². The van der Waals surface area contributed by atoms with E-state index in [1.807, 2.05) is 0 Å². The van der Waals surface area contributed by atoms with Gasteiger partial charge in [-0.05, 0) is 23.8 Å². The fourth-order valence-electron chi connectivity index (χ4n) is 2.27. The third kappa shape index (κ3) is 4.17. The SMILES string of the molecule is COC(=O)c1ccc(/C=C\C(=O)N2CSC[C@H]2C(=O)N(C)C)cc1. The Labute approximate surface area is 145 Å². The van der Waals surface area contributed by atoms with Crippen molar-refractivity contribution in [1.82, 2.24) is 9.80 Å². The number of likely N-dealkylation sites (N-methyl/N-ethyl adjacent to an activating group) is 1. The molecule has 0 spiro atoms. The second kappa shape index (κ2) is 8.01. The maximum absolute atomic E-state index is 12.4. The predicted octanol–water partition coefficient (Wildman–Crippen LogP) is 1.48. The number of methoxy groups -OCH3 is 1. The Morgan fingerprint density at radius 1 is 1.25 bits per heavy atom. The number of thioether (sulfide) groups is 1. The molecule has 24 heavy (non-hydrogen) atoms. The number of nitrogens with zero attached hydrogens (tertiary/aromatic N) is 2. The van der Waals surface area contributed by atoms with E-state index < -0.39 is 12.0 Å². The molecule has 1 heterocycles. The molecule has 1 aliphatic heterocycles. The zero-order chi connectivity index (χ0) is 17.7. The van der Waals surface area contributed by atoms with Crippen LogP contribution in [0.3, 0.4) is 0 Å². The van der Waals surface area contributed by atoms with E-state index >= 15 is 0 Å². The van der Waals surface area contributed by atoms with Crippen molar-refractivity contribution < 1.29 is 19.1 Å². The first-order valence-electron chi connectivity index (χ1n) is 7.40.